The summed E-state index contributed by atoms with van der Waals surface area (Å²) in [4.78, 5) is 17.4. The molecule has 1 saturated heterocycles. The molecule has 1 unspecified atom stereocenters. The van der Waals surface area contributed by atoms with E-state index in [2.05, 4.69) is 24.3 Å². The van der Waals surface area contributed by atoms with Crippen molar-refractivity contribution in [1.82, 2.24) is 5.32 Å². The minimum atomic E-state index is -0.680. The molecule has 5 fully saturated rings. The standard InChI is InChI=1S/C28H46N2O4/c1-18(30-34-26(32)33-17-20-6-4-5-15-29-20)23-9-10-24-22-8-7-19-16-21(31)11-13-27(19,2)25(22)12-14-28(23,24)3/h19-25,29,31H,4-17H2,1-3H3/b30-18+/t19-,20?,21+,22+,23-,24+,25+,27+,28-/m1/s1. The number of rotatable bonds is 4. The second-order valence-corrected chi connectivity index (χ2v) is 12.8. The summed E-state index contributed by atoms with van der Waals surface area (Å²) in [5.41, 5.74) is 1.60. The summed E-state index contributed by atoms with van der Waals surface area (Å²) in [6, 6.07) is 0.237. The normalized spacial score (nSPS) is 46.7. The highest BCUT2D eigenvalue weighted by Gasteiger charge is 2.60. The molecule has 5 rings (SSSR count). The molecule has 34 heavy (non-hydrogen) atoms. The van der Waals surface area contributed by atoms with Crippen molar-refractivity contribution in [1.29, 1.82) is 0 Å². The smallest absolute Gasteiger partial charge is 0.431 e. The molecule has 0 aromatic rings. The first kappa shape index (κ1) is 24.5. The van der Waals surface area contributed by atoms with Crippen LogP contribution in [0, 0.1) is 40.4 Å². The average molecular weight is 475 g/mol. The quantitative estimate of drug-likeness (QED) is 0.237. The first-order valence-corrected chi connectivity index (χ1v) is 14.1. The number of hydrogen-bond acceptors (Lipinski definition) is 6. The molecule has 0 aromatic carbocycles. The number of fused-ring (bicyclic) bond motifs is 5. The number of nitrogens with one attached hydrogen (secondary N) is 1. The van der Waals surface area contributed by atoms with Gasteiger partial charge in [-0.2, -0.15) is 0 Å². The number of aliphatic hydroxyl groups is 1. The van der Waals surface area contributed by atoms with Crippen LogP contribution in [0.4, 0.5) is 4.79 Å². The zero-order chi connectivity index (χ0) is 23.9. The molecule has 0 radical (unpaired) electrons. The summed E-state index contributed by atoms with van der Waals surface area (Å²) in [6.07, 6.45) is 13.4. The average Bonchev–Trinajstić information content (AvgIpc) is 3.19. The maximum Gasteiger partial charge on any atom is 0.535 e. The highest BCUT2D eigenvalue weighted by atomic mass is 16.8. The predicted molar refractivity (Wildman–Crippen MR) is 132 cm³/mol. The number of carbonyl (C=O) groups is 1. The van der Waals surface area contributed by atoms with Crippen molar-refractivity contribution in [2.45, 2.75) is 110 Å². The first-order valence-electron chi connectivity index (χ1n) is 14.1. The topological polar surface area (TPSA) is 80.2 Å². The van der Waals surface area contributed by atoms with Crippen LogP contribution in [-0.2, 0) is 9.57 Å². The third kappa shape index (κ3) is 4.42. The van der Waals surface area contributed by atoms with Crippen molar-refractivity contribution in [2.75, 3.05) is 13.2 Å². The molecule has 4 aliphatic carbocycles. The molecular weight excluding hydrogens is 428 g/mol. The Hall–Kier alpha value is -1.14. The lowest BCUT2D eigenvalue weighted by molar-refractivity contribution is -0.123. The number of carbonyl (C=O) groups excluding carboxylic acids is 1. The Labute approximate surface area is 205 Å². The molecule has 6 nitrogen and oxygen atoms in total. The van der Waals surface area contributed by atoms with Crippen LogP contribution < -0.4 is 5.32 Å². The Bertz CT molecular complexity index is 780. The van der Waals surface area contributed by atoms with Gasteiger partial charge in [0.05, 0.1) is 11.8 Å². The molecule has 5 aliphatic rings. The second-order valence-electron chi connectivity index (χ2n) is 12.8. The monoisotopic (exact) mass is 474 g/mol. The Morgan fingerprint density at radius 3 is 2.59 bits per heavy atom. The van der Waals surface area contributed by atoms with Crippen molar-refractivity contribution in [3.63, 3.8) is 0 Å². The molecule has 192 valence electrons. The van der Waals surface area contributed by atoms with Crippen LogP contribution in [0.1, 0.15) is 97.8 Å². The molecule has 4 saturated carbocycles. The van der Waals surface area contributed by atoms with Crippen LogP contribution in [-0.4, -0.2) is 42.3 Å². The van der Waals surface area contributed by atoms with E-state index in [-0.39, 0.29) is 17.6 Å². The van der Waals surface area contributed by atoms with Gasteiger partial charge in [-0.15, -0.1) is 0 Å². The number of aliphatic hydroxyl groups excluding tert-OH is 1. The highest BCUT2D eigenvalue weighted by molar-refractivity contribution is 5.85. The van der Waals surface area contributed by atoms with Crippen molar-refractivity contribution in [3.05, 3.63) is 0 Å². The van der Waals surface area contributed by atoms with Crippen LogP contribution in [0.3, 0.4) is 0 Å². The molecule has 6 heteroatoms. The van der Waals surface area contributed by atoms with Crippen molar-refractivity contribution >= 4 is 11.9 Å². The van der Waals surface area contributed by atoms with Gasteiger partial charge < -0.3 is 15.2 Å². The van der Waals surface area contributed by atoms with E-state index in [0.717, 1.165) is 55.7 Å². The van der Waals surface area contributed by atoms with E-state index in [4.69, 9.17) is 9.57 Å². The van der Waals surface area contributed by atoms with Gasteiger partial charge >= 0.3 is 6.16 Å². The Morgan fingerprint density at radius 1 is 1.00 bits per heavy atom. The minimum Gasteiger partial charge on any atom is -0.431 e. The summed E-state index contributed by atoms with van der Waals surface area (Å²) in [5, 5.41) is 17.9. The third-order valence-corrected chi connectivity index (χ3v) is 11.2. The molecule has 0 amide bonds. The lowest BCUT2D eigenvalue weighted by Crippen LogP contribution is -2.54. The number of hydrogen-bond donors (Lipinski definition) is 2. The third-order valence-electron chi connectivity index (χ3n) is 11.2. The summed E-state index contributed by atoms with van der Waals surface area (Å²) in [6.45, 7) is 8.42. The fourth-order valence-electron chi connectivity index (χ4n) is 9.36. The largest absolute Gasteiger partial charge is 0.535 e. The van der Waals surface area contributed by atoms with Gasteiger partial charge in [0.15, 0.2) is 0 Å². The number of nitrogens with zero attached hydrogens (tertiary/aromatic N) is 1. The molecule has 1 aliphatic heterocycles. The van der Waals surface area contributed by atoms with E-state index in [0.29, 0.717) is 23.9 Å². The molecule has 2 N–H and O–H groups in total. The zero-order valence-electron chi connectivity index (χ0n) is 21.6. The fraction of sp³-hybridized carbons (Fsp3) is 0.929. The SMILES string of the molecule is C/C(=N\OC(=O)OCC1CCCCN1)[C@H]1CC[C@H]2[C@@H]3CC[C@@H]4C[C@@H](O)CC[C@]4(C)[C@H]3CC[C@]12C. The molecular formula is C28H46N2O4. The Morgan fingerprint density at radius 2 is 1.79 bits per heavy atom. The minimum absolute atomic E-state index is 0.0798. The van der Waals surface area contributed by atoms with Crippen molar-refractivity contribution < 1.29 is 19.5 Å². The summed E-state index contributed by atoms with van der Waals surface area (Å²) in [5.74, 6) is 3.40. The van der Waals surface area contributed by atoms with Gasteiger partial charge in [-0.25, -0.2) is 4.79 Å². The number of ether oxygens (including phenoxy) is 1. The highest BCUT2D eigenvalue weighted by Crippen LogP contribution is 2.67. The van der Waals surface area contributed by atoms with E-state index >= 15 is 0 Å². The van der Waals surface area contributed by atoms with Gasteiger partial charge in [0.25, 0.3) is 0 Å². The van der Waals surface area contributed by atoms with Crippen molar-refractivity contribution in [2.24, 2.45) is 45.6 Å². The van der Waals surface area contributed by atoms with E-state index in [1.54, 1.807) is 0 Å². The fourth-order valence-corrected chi connectivity index (χ4v) is 9.36. The van der Waals surface area contributed by atoms with E-state index in [1.165, 1.54) is 51.4 Å². The Kier molecular flexibility index (Phi) is 7.02. The van der Waals surface area contributed by atoms with Gasteiger partial charge in [0.2, 0.25) is 0 Å². The summed E-state index contributed by atoms with van der Waals surface area (Å²) < 4.78 is 5.32. The molecule has 0 bridgehead atoms. The van der Waals surface area contributed by atoms with Crippen LogP contribution >= 0.6 is 0 Å². The second kappa shape index (κ2) is 9.72. The van der Waals surface area contributed by atoms with E-state index in [1.807, 2.05) is 6.92 Å². The number of piperidine rings is 1. The van der Waals surface area contributed by atoms with Crippen LogP contribution in [0.25, 0.3) is 0 Å². The van der Waals surface area contributed by atoms with Gasteiger partial charge in [0.1, 0.15) is 6.61 Å². The van der Waals surface area contributed by atoms with Gasteiger partial charge in [0, 0.05) is 12.0 Å². The van der Waals surface area contributed by atoms with Crippen LogP contribution in [0.2, 0.25) is 0 Å². The van der Waals surface area contributed by atoms with Crippen LogP contribution in [0.5, 0.6) is 0 Å². The molecule has 9 atom stereocenters. The first-order chi connectivity index (χ1) is 16.3. The summed E-state index contributed by atoms with van der Waals surface area (Å²) >= 11 is 0. The number of oxime groups is 1. The van der Waals surface area contributed by atoms with Gasteiger partial charge in [-0.05, 0) is 119 Å². The van der Waals surface area contributed by atoms with Gasteiger partial charge in [-0.1, -0.05) is 25.4 Å². The maximum atomic E-state index is 12.2. The maximum absolute atomic E-state index is 12.2. The predicted octanol–water partition coefficient (Wildman–Crippen LogP) is 5.68. The van der Waals surface area contributed by atoms with E-state index < -0.39 is 6.16 Å². The molecule has 1 heterocycles. The van der Waals surface area contributed by atoms with Crippen LogP contribution in [0.15, 0.2) is 5.16 Å². The lowest BCUT2D eigenvalue weighted by atomic mass is 9.44. The van der Waals surface area contributed by atoms with Crippen molar-refractivity contribution in [3.8, 4) is 0 Å². The molecule has 0 aromatic heterocycles. The molecule has 0 spiro atoms. The Balaban J connectivity index is 1.20. The van der Waals surface area contributed by atoms with Gasteiger partial charge in [-0.3, -0.25) is 4.84 Å². The summed E-state index contributed by atoms with van der Waals surface area (Å²) in [7, 11) is 0. The van der Waals surface area contributed by atoms with E-state index in [9.17, 15) is 9.90 Å². The zero-order valence-corrected chi connectivity index (χ0v) is 21.6. The lowest BCUT2D eigenvalue weighted by Gasteiger charge is -2.61.